The maximum atomic E-state index is 12.6. The van der Waals surface area contributed by atoms with Crippen LogP contribution in [0.3, 0.4) is 0 Å². The number of methoxy groups -OCH3 is 1. The molecular formula is C20H23ClN2O2. The second-order valence-electron chi connectivity index (χ2n) is 6.19. The smallest absolute Gasteiger partial charge is 0.255 e. The van der Waals surface area contributed by atoms with Crippen molar-refractivity contribution in [1.29, 1.82) is 0 Å². The molecular weight excluding hydrogens is 336 g/mol. The van der Waals surface area contributed by atoms with E-state index in [2.05, 4.69) is 10.2 Å². The Kier molecular flexibility index (Phi) is 5.95. The van der Waals surface area contributed by atoms with Gasteiger partial charge in [0.1, 0.15) is 5.75 Å². The molecule has 5 heteroatoms. The molecule has 0 unspecified atom stereocenters. The Hall–Kier alpha value is -2.04. The molecule has 1 saturated heterocycles. The molecule has 1 amide bonds. The quantitative estimate of drug-likeness (QED) is 0.851. The van der Waals surface area contributed by atoms with Crippen LogP contribution in [0, 0.1) is 0 Å². The van der Waals surface area contributed by atoms with E-state index in [4.69, 9.17) is 16.3 Å². The van der Waals surface area contributed by atoms with Crippen LogP contribution in [0.4, 0.5) is 0 Å². The van der Waals surface area contributed by atoms with Crippen molar-refractivity contribution in [1.82, 2.24) is 10.2 Å². The number of nitrogens with one attached hydrogen (secondary N) is 1. The van der Waals surface area contributed by atoms with E-state index in [0.29, 0.717) is 17.9 Å². The number of nitrogens with zero attached hydrogens (tertiary/aromatic N) is 1. The van der Waals surface area contributed by atoms with Crippen molar-refractivity contribution in [2.24, 2.45) is 0 Å². The molecule has 2 aromatic carbocycles. The molecule has 0 bridgehead atoms. The van der Waals surface area contributed by atoms with Gasteiger partial charge in [0.15, 0.2) is 0 Å². The summed E-state index contributed by atoms with van der Waals surface area (Å²) in [5, 5.41) is 3.80. The minimum absolute atomic E-state index is 0.0786. The fourth-order valence-electron chi connectivity index (χ4n) is 3.35. The summed E-state index contributed by atoms with van der Waals surface area (Å²) in [7, 11) is 1.57. The van der Waals surface area contributed by atoms with E-state index in [1.165, 1.54) is 12.8 Å². The lowest BCUT2D eigenvalue weighted by Gasteiger charge is -2.29. The molecule has 132 valence electrons. The predicted molar refractivity (Wildman–Crippen MR) is 100 cm³/mol. The second kappa shape index (κ2) is 8.37. The van der Waals surface area contributed by atoms with Crippen molar-refractivity contribution < 1.29 is 9.53 Å². The maximum absolute atomic E-state index is 12.6. The van der Waals surface area contributed by atoms with Crippen LogP contribution in [0.15, 0.2) is 48.5 Å². The number of carbonyl (C=O) groups excluding carboxylic acids is 1. The number of likely N-dealkylation sites (tertiary alicyclic amines) is 1. The van der Waals surface area contributed by atoms with Gasteiger partial charge in [-0.2, -0.15) is 0 Å². The Morgan fingerprint density at radius 1 is 1.16 bits per heavy atom. The molecule has 1 fully saturated rings. The van der Waals surface area contributed by atoms with Gasteiger partial charge in [0.2, 0.25) is 0 Å². The first kappa shape index (κ1) is 17.8. The Bertz CT molecular complexity index is 729. The number of ether oxygens (including phenoxy) is 1. The predicted octanol–water partition coefficient (Wildman–Crippen LogP) is 3.92. The SMILES string of the molecule is COc1ccccc1C(=O)NC[C@@H](c1ccccc1Cl)N1CCCC1. The lowest BCUT2D eigenvalue weighted by Crippen LogP contribution is -2.37. The number of halogens is 1. The normalized spacial score (nSPS) is 15.8. The third kappa shape index (κ3) is 4.14. The molecule has 4 nitrogen and oxygen atoms in total. The lowest BCUT2D eigenvalue weighted by atomic mass is 10.0. The zero-order valence-corrected chi connectivity index (χ0v) is 15.1. The summed E-state index contributed by atoms with van der Waals surface area (Å²) in [5.41, 5.74) is 1.61. The summed E-state index contributed by atoms with van der Waals surface area (Å²) in [4.78, 5) is 15.0. The Morgan fingerprint density at radius 3 is 2.56 bits per heavy atom. The van der Waals surface area contributed by atoms with Gasteiger partial charge >= 0.3 is 0 Å². The van der Waals surface area contributed by atoms with Gasteiger partial charge in [-0.05, 0) is 49.7 Å². The standard InChI is InChI=1S/C20H23ClN2O2/c1-25-19-11-5-3-9-16(19)20(24)22-14-18(23-12-6-7-13-23)15-8-2-4-10-17(15)21/h2-5,8-11,18H,6-7,12-14H2,1H3,(H,22,24)/t18-/m0/s1. The Morgan fingerprint density at radius 2 is 1.84 bits per heavy atom. The van der Waals surface area contributed by atoms with Crippen LogP contribution in [-0.4, -0.2) is 37.6 Å². The third-order valence-electron chi connectivity index (χ3n) is 4.65. The largest absolute Gasteiger partial charge is 0.496 e. The van der Waals surface area contributed by atoms with Crippen molar-refractivity contribution in [2.75, 3.05) is 26.7 Å². The van der Waals surface area contributed by atoms with E-state index in [1.807, 2.05) is 36.4 Å². The van der Waals surface area contributed by atoms with Crippen LogP contribution in [-0.2, 0) is 0 Å². The molecule has 0 aromatic heterocycles. The van der Waals surface area contributed by atoms with Crippen LogP contribution in [0.25, 0.3) is 0 Å². The molecule has 0 saturated carbocycles. The van der Waals surface area contributed by atoms with Gasteiger partial charge < -0.3 is 10.1 Å². The first-order valence-electron chi connectivity index (χ1n) is 8.60. The molecule has 1 N–H and O–H groups in total. The van der Waals surface area contributed by atoms with Gasteiger partial charge in [0.25, 0.3) is 5.91 Å². The van der Waals surface area contributed by atoms with Crippen molar-refractivity contribution in [3.8, 4) is 5.75 Å². The fraction of sp³-hybridized carbons (Fsp3) is 0.350. The van der Waals surface area contributed by atoms with Gasteiger partial charge in [-0.3, -0.25) is 9.69 Å². The number of amides is 1. The summed E-state index contributed by atoms with van der Waals surface area (Å²) in [6.07, 6.45) is 2.36. The molecule has 1 aliphatic rings. The van der Waals surface area contributed by atoms with E-state index < -0.39 is 0 Å². The summed E-state index contributed by atoms with van der Waals surface area (Å²) < 4.78 is 5.28. The third-order valence-corrected chi connectivity index (χ3v) is 5.00. The highest BCUT2D eigenvalue weighted by atomic mass is 35.5. The summed E-state index contributed by atoms with van der Waals surface area (Å²) in [6, 6.07) is 15.2. The zero-order valence-electron chi connectivity index (χ0n) is 14.4. The van der Waals surface area contributed by atoms with E-state index in [-0.39, 0.29) is 11.9 Å². The Labute approximate surface area is 153 Å². The van der Waals surface area contributed by atoms with Gasteiger partial charge in [0.05, 0.1) is 18.7 Å². The minimum Gasteiger partial charge on any atom is -0.496 e. The van der Waals surface area contributed by atoms with Crippen molar-refractivity contribution in [3.05, 3.63) is 64.7 Å². The highest BCUT2D eigenvalue weighted by molar-refractivity contribution is 6.31. The van der Waals surface area contributed by atoms with Crippen molar-refractivity contribution in [2.45, 2.75) is 18.9 Å². The van der Waals surface area contributed by atoms with Crippen LogP contribution in [0.5, 0.6) is 5.75 Å². The zero-order chi connectivity index (χ0) is 17.6. The summed E-state index contributed by atoms with van der Waals surface area (Å²) in [6.45, 7) is 2.57. The number of hydrogen-bond acceptors (Lipinski definition) is 3. The number of benzene rings is 2. The van der Waals surface area contributed by atoms with Crippen LogP contribution < -0.4 is 10.1 Å². The highest BCUT2D eigenvalue weighted by Gasteiger charge is 2.26. The molecule has 0 spiro atoms. The molecule has 1 heterocycles. The van der Waals surface area contributed by atoms with Crippen molar-refractivity contribution >= 4 is 17.5 Å². The first-order valence-corrected chi connectivity index (χ1v) is 8.98. The fourth-order valence-corrected chi connectivity index (χ4v) is 3.61. The first-order chi connectivity index (χ1) is 12.2. The number of rotatable bonds is 6. The monoisotopic (exact) mass is 358 g/mol. The molecule has 2 aromatic rings. The number of hydrogen-bond donors (Lipinski definition) is 1. The second-order valence-corrected chi connectivity index (χ2v) is 6.60. The minimum atomic E-state index is -0.131. The van der Waals surface area contributed by atoms with Crippen LogP contribution in [0.1, 0.15) is 34.8 Å². The topological polar surface area (TPSA) is 41.6 Å². The Balaban J connectivity index is 1.77. The summed E-state index contributed by atoms with van der Waals surface area (Å²) >= 11 is 6.42. The lowest BCUT2D eigenvalue weighted by molar-refractivity contribution is 0.0935. The average Bonchev–Trinajstić information content (AvgIpc) is 3.17. The molecule has 0 aliphatic carbocycles. The summed E-state index contributed by atoms with van der Waals surface area (Å²) in [5.74, 6) is 0.448. The van der Waals surface area contributed by atoms with E-state index in [0.717, 1.165) is 23.7 Å². The van der Waals surface area contributed by atoms with Gasteiger partial charge in [-0.25, -0.2) is 0 Å². The molecule has 1 atom stereocenters. The van der Waals surface area contributed by atoms with E-state index >= 15 is 0 Å². The van der Waals surface area contributed by atoms with Gasteiger partial charge in [0, 0.05) is 11.6 Å². The van der Waals surface area contributed by atoms with Crippen molar-refractivity contribution in [3.63, 3.8) is 0 Å². The number of carbonyl (C=O) groups is 1. The average molecular weight is 359 g/mol. The number of para-hydroxylation sites is 1. The van der Waals surface area contributed by atoms with Gasteiger partial charge in [-0.1, -0.05) is 41.9 Å². The van der Waals surface area contributed by atoms with Crippen LogP contribution >= 0.6 is 11.6 Å². The highest BCUT2D eigenvalue weighted by Crippen LogP contribution is 2.30. The van der Waals surface area contributed by atoms with Gasteiger partial charge in [-0.15, -0.1) is 0 Å². The molecule has 1 aliphatic heterocycles. The van der Waals surface area contributed by atoms with E-state index in [1.54, 1.807) is 19.2 Å². The molecule has 25 heavy (non-hydrogen) atoms. The maximum Gasteiger partial charge on any atom is 0.255 e. The molecule has 3 rings (SSSR count). The molecule has 0 radical (unpaired) electrons. The van der Waals surface area contributed by atoms with Crippen LogP contribution in [0.2, 0.25) is 5.02 Å². The van der Waals surface area contributed by atoms with E-state index in [9.17, 15) is 4.79 Å².